The molecule has 0 aliphatic carbocycles. The van der Waals surface area contributed by atoms with Crippen molar-refractivity contribution in [2.75, 3.05) is 18.5 Å². The second-order valence-electron chi connectivity index (χ2n) is 4.13. The zero-order valence-electron chi connectivity index (χ0n) is 10.4. The Hall–Kier alpha value is -1.60. The Bertz CT molecular complexity index is 398. The SMILES string of the molecule is CCC(CCO)CNc1nc(C)ccc1C#N. The summed E-state index contributed by atoms with van der Waals surface area (Å²) in [5.74, 6) is 1.05. The van der Waals surface area contributed by atoms with Crippen molar-refractivity contribution in [1.82, 2.24) is 4.98 Å². The predicted molar refractivity (Wildman–Crippen MR) is 67.7 cm³/mol. The Morgan fingerprint density at radius 3 is 2.88 bits per heavy atom. The number of rotatable bonds is 6. The highest BCUT2D eigenvalue weighted by Crippen LogP contribution is 2.14. The van der Waals surface area contributed by atoms with E-state index in [9.17, 15) is 0 Å². The first-order valence-corrected chi connectivity index (χ1v) is 5.93. The summed E-state index contributed by atoms with van der Waals surface area (Å²) in [4.78, 5) is 4.31. The van der Waals surface area contributed by atoms with Crippen molar-refractivity contribution in [3.05, 3.63) is 23.4 Å². The van der Waals surface area contributed by atoms with Crippen molar-refractivity contribution in [1.29, 1.82) is 5.26 Å². The van der Waals surface area contributed by atoms with E-state index in [-0.39, 0.29) is 6.61 Å². The normalized spacial score (nSPS) is 11.9. The second kappa shape index (κ2) is 6.87. The Balaban J connectivity index is 2.68. The van der Waals surface area contributed by atoms with Crippen LogP contribution in [-0.2, 0) is 0 Å². The van der Waals surface area contributed by atoms with Crippen LogP contribution in [0.3, 0.4) is 0 Å². The van der Waals surface area contributed by atoms with Crippen molar-refractivity contribution in [2.45, 2.75) is 26.7 Å². The van der Waals surface area contributed by atoms with Crippen molar-refractivity contribution < 1.29 is 5.11 Å². The zero-order valence-corrected chi connectivity index (χ0v) is 10.4. The number of hydrogen-bond donors (Lipinski definition) is 2. The van der Waals surface area contributed by atoms with E-state index in [4.69, 9.17) is 10.4 Å². The zero-order chi connectivity index (χ0) is 12.7. The number of aromatic nitrogens is 1. The summed E-state index contributed by atoms with van der Waals surface area (Å²) in [7, 11) is 0. The maximum absolute atomic E-state index is 8.97. The van der Waals surface area contributed by atoms with Gasteiger partial charge in [0.05, 0.1) is 5.56 Å². The lowest BCUT2D eigenvalue weighted by Crippen LogP contribution is -2.16. The van der Waals surface area contributed by atoms with Crippen molar-refractivity contribution >= 4 is 5.82 Å². The highest BCUT2D eigenvalue weighted by molar-refractivity contribution is 5.52. The summed E-state index contributed by atoms with van der Waals surface area (Å²) >= 11 is 0. The molecule has 92 valence electrons. The van der Waals surface area contributed by atoms with E-state index < -0.39 is 0 Å². The largest absolute Gasteiger partial charge is 0.396 e. The van der Waals surface area contributed by atoms with Gasteiger partial charge >= 0.3 is 0 Å². The van der Waals surface area contributed by atoms with Gasteiger partial charge in [0, 0.05) is 18.8 Å². The lowest BCUT2D eigenvalue weighted by Gasteiger charge is -2.15. The minimum atomic E-state index is 0.201. The fraction of sp³-hybridized carbons (Fsp3) is 0.538. The van der Waals surface area contributed by atoms with Gasteiger partial charge in [-0.2, -0.15) is 5.26 Å². The minimum absolute atomic E-state index is 0.201. The summed E-state index contributed by atoms with van der Waals surface area (Å²) in [5, 5.41) is 21.1. The smallest absolute Gasteiger partial charge is 0.144 e. The number of nitrogens with one attached hydrogen (secondary N) is 1. The van der Waals surface area contributed by atoms with Crippen LogP contribution in [0.2, 0.25) is 0 Å². The maximum atomic E-state index is 8.97. The van der Waals surface area contributed by atoms with Crippen LogP contribution in [0.4, 0.5) is 5.82 Å². The maximum Gasteiger partial charge on any atom is 0.144 e. The van der Waals surface area contributed by atoms with Gasteiger partial charge in [0.15, 0.2) is 0 Å². The van der Waals surface area contributed by atoms with Gasteiger partial charge in [-0.3, -0.25) is 0 Å². The Morgan fingerprint density at radius 2 is 2.29 bits per heavy atom. The Labute approximate surface area is 102 Å². The first kappa shape index (κ1) is 13.5. The molecule has 0 aromatic carbocycles. The molecule has 1 aromatic heterocycles. The molecule has 0 amide bonds. The molecule has 1 atom stereocenters. The summed E-state index contributed by atoms with van der Waals surface area (Å²) in [6.07, 6.45) is 1.78. The fourth-order valence-electron chi connectivity index (χ4n) is 1.66. The molecule has 0 aliphatic rings. The van der Waals surface area contributed by atoms with Crippen LogP contribution in [0.1, 0.15) is 31.0 Å². The second-order valence-corrected chi connectivity index (χ2v) is 4.13. The van der Waals surface area contributed by atoms with Gasteiger partial charge in [0.25, 0.3) is 0 Å². The molecule has 0 radical (unpaired) electrons. The molecule has 1 unspecified atom stereocenters. The van der Waals surface area contributed by atoms with Gasteiger partial charge in [-0.25, -0.2) is 4.98 Å². The number of nitrogens with zero attached hydrogens (tertiary/aromatic N) is 2. The minimum Gasteiger partial charge on any atom is -0.396 e. The molecule has 4 heteroatoms. The Kier molecular flexibility index (Phi) is 5.44. The number of aryl methyl sites for hydroxylation is 1. The third-order valence-corrected chi connectivity index (χ3v) is 2.83. The average molecular weight is 233 g/mol. The number of aliphatic hydroxyl groups excluding tert-OH is 1. The van der Waals surface area contributed by atoms with Gasteiger partial charge in [0.2, 0.25) is 0 Å². The van der Waals surface area contributed by atoms with Gasteiger partial charge in [0.1, 0.15) is 11.9 Å². The molecule has 0 spiro atoms. The third-order valence-electron chi connectivity index (χ3n) is 2.83. The summed E-state index contributed by atoms with van der Waals surface area (Å²) in [6, 6.07) is 5.73. The molecule has 0 saturated heterocycles. The molecular formula is C13H19N3O. The van der Waals surface area contributed by atoms with Crippen LogP contribution in [0.5, 0.6) is 0 Å². The molecule has 4 nitrogen and oxygen atoms in total. The molecule has 1 rings (SSSR count). The first-order valence-electron chi connectivity index (χ1n) is 5.93. The molecule has 0 aliphatic heterocycles. The third kappa shape index (κ3) is 4.04. The van der Waals surface area contributed by atoms with Crippen LogP contribution < -0.4 is 5.32 Å². The van der Waals surface area contributed by atoms with Gasteiger partial charge in [-0.05, 0) is 31.4 Å². The van der Waals surface area contributed by atoms with Crippen molar-refractivity contribution in [2.24, 2.45) is 5.92 Å². The molecule has 17 heavy (non-hydrogen) atoms. The van der Waals surface area contributed by atoms with Crippen molar-refractivity contribution in [3.8, 4) is 6.07 Å². The molecule has 0 bridgehead atoms. The summed E-state index contributed by atoms with van der Waals surface area (Å²) in [6.45, 7) is 4.93. The summed E-state index contributed by atoms with van der Waals surface area (Å²) < 4.78 is 0. The molecule has 0 fully saturated rings. The molecule has 1 aromatic rings. The monoisotopic (exact) mass is 233 g/mol. The Morgan fingerprint density at radius 1 is 1.53 bits per heavy atom. The van der Waals surface area contributed by atoms with Gasteiger partial charge in [-0.15, -0.1) is 0 Å². The molecule has 1 heterocycles. The average Bonchev–Trinajstić information content (AvgIpc) is 2.34. The number of pyridine rings is 1. The highest BCUT2D eigenvalue weighted by Gasteiger charge is 2.08. The van der Waals surface area contributed by atoms with E-state index >= 15 is 0 Å². The fourth-order valence-corrected chi connectivity index (χ4v) is 1.66. The van der Waals surface area contributed by atoms with Crippen LogP contribution in [0, 0.1) is 24.2 Å². The van der Waals surface area contributed by atoms with E-state index in [0.717, 1.165) is 25.1 Å². The number of nitriles is 1. The van der Waals surface area contributed by atoms with E-state index in [0.29, 0.717) is 17.3 Å². The van der Waals surface area contributed by atoms with Crippen molar-refractivity contribution in [3.63, 3.8) is 0 Å². The quantitative estimate of drug-likeness (QED) is 0.789. The number of aliphatic hydroxyl groups is 1. The van der Waals surface area contributed by atoms with E-state index in [1.165, 1.54) is 0 Å². The van der Waals surface area contributed by atoms with E-state index in [1.54, 1.807) is 6.07 Å². The first-order chi connectivity index (χ1) is 8.21. The van der Waals surface area contributed by atoms with Gasteiger partial charge < -0.3 is 10.4 Å². The lowest BCUT2D eigenvalue weighted by atomic mass is 10.0. The highest BCUT2D eigenvalue weighted by atomic mass is 16.3. The number of hydrogen-bond acceptors (Lipinski definition) is 4. The molecule has 0 saturated carbocycles. The van der Waals surface area contributed by atoms with Crippen LogP contribution in [-0.4, -0.2) is 23.2 Å². The van der Waals surface area contributed by atoms with E-state index in [2.05, 4.69) is 23.3 Å². The van der Waals surface area contributed by atoms with E-state index in [1.807, 2.05) is 13.0 Å². The van der Waals surface area contributed by atoms with Crippen LogP contribution in [0.25, 0.3) is 0 Å². The standard InChI is InChI=1S/C13H19N3O/c1-3-11(6-7-17)9-15-13-12(8-14)5-4-10(2)16-13/h4-5,11,17H,3,6-7,9H2,1-2H3,(H,15,16). The number of anilines is 1. The molecule has 2 N–H and O–H groups in total. The van der Waals surface area contributed by atoms with Crippen LogP contribution in [0.15, 0.2) is 12.1 Å². The molecular weight excluding hydrogens is 214 g/mol. The summed E-state index contributed by atoms with van der Waals surface area (Å²) in [5.41, 5.74) is 1.45. The van der Waals surface area contributed by atoms with Crippen LogP contribution >= 0.6 is 0 Å². The lowest BCUT2D eigenvalue weighted by molar-refractivity contribution is 0.258. The van der Waals surface area contributed by atoms with Gasteiger partial charge in [-0.1, -0.05) is 13.3 Å². The predicted octanol–water partition coefficient (Wildman–Crippen LogP) is 2.08. The topological polar surface area (TPSA) is 68.9 Å².